The molecule has 0 fully saturated rings. The molecule has 0 heterocycles. The number of alkyl halides is 2. The maximum atomic E-state index is 14.2. The molecule has 4 heteroatoms. The molecular weight excluding hydrogens is 272 g/mol. The zero-order chi connectivity index (χ0) is 15.3. The topological polar surface area (TPSA) is 21.3 Å². The Labute approximate surface area is 123 Å². The fraction of sp³-hybridized carbons (Fsp3) is 0.294. The van der Waals surface area contributed by atoms with Crippen molar-refractivity contribution < 1.29 is 13.5 Å². The van der Waals surface area contributed by atoms with E-state index in [0.29, 0.717) is 12.3 Å². The zero-order valence-corrected chi connectivity index (χ0v) is 12.2. The summed E-state index contributed by atoms with van der Waals surface area (Å²) >= 11 is 0. The first kappa shape index (κ1) is 15.4. The van der Waals surface area contributed by atoms with Gasteiger partial charge >= 0.3 is 5.92 Å². The van der Waals surface area contributed by atoms with E-state index in [2.05, 4.69) is 5.32 Å². The normalized spacial score (nSPS) is 11.4. The van der Waals surface area contributed by atoms with Gasteiger partial charge in [-0.3, -0.25) is 0 Å². The highest BCUT2D eigenvalue weighted by Crippen LogP contribution is 2.31. The number of hydrogen-bond donors (Lipinski definition) is 1. The molecule has 2 aromatic rings. The van der Waals surface area contributed by atoms with Crippen molar-refractivity contribution in [2.45, 2.75) is 19.4 Å². The van der Waals surface area contributed by atoms with Crippen LogP contribution < -0.4 is 10.1 Å². The van der Waals surface area contributed by atoms with Gasteiger partial charge in [-0.05, 0) is 19.5 Å². The summed E-state index contributed by atoms with van der Waals surface area (Å²) < 4.78 is 33.8. The lowest BCUT2D eigenvalue weighted by molar-refractivity contribution is -0.0470. The summed E-state index contributed by atoms with van der Waals surface area (Å²) in [6.45, 7) is 1.77. The summed E-state index contributed by atoms with van der Waals surface area (Å²) in [6, 6.07) is 13.4. The predicted octanol–water partition coefficient (Wildman–Crippen LogP) is 3.89. The summed E-state index contributed by atoms with van der Waals surface area (Å²) in [5.41, 5.74) is 1.70. The number of rotatable bonds is 6. The fourth-order valence-electron chi connectivity index (χ4n) is 2.18. The lowest BCUT2D eigenvalue weighted by Crippen LogP contribution is -2.24. The van der Waals surface area contributed by atoms with Crippen LogP contribution in [0.15, 0.2) is 48.5 Å². The minimum Gasteiger partial charge on any atom is -0.486 e. The van der Waals surface area contributed by atoms with Crippen molar-refractivity contribution in [3.05, 3.63) is 65.2 Å². The van der Waals surface area contributed by atoms with Crippen LogP contribution in [0.1, 0.15) is 16.7 Å². The van der Waals surface area contributed by atoms with Gasteiger partial charge in [-0.15, -0.1) is 0 Å². The van der Waals surface area contributed by atoms with Gasteiger partial charge in [0.15, 0.2) is 6.61 Å². The van der Waals surface area contributed by atoms with Gasteiger partial charge in [0.1, 0.15) is 5.75 Å². The van der Waals surface area contributed by atoms with Crippen molar-refractivity contribution in [2.75, 3.05) is 13.7 Å². The molecule has 21 heavy (non-hydrogen) atoms. The lowest BCUT2D eigenvalue weighted by Gasteiger charge is -2.20. The van der Waals surface area contributed by atoms with Crippen molar-refractivity contribution in [3.8, 4) is 5.75 Å². The first-order valence-electron chi connectivity index (χ1n) is 6.84. The first-order valence-corrected chi connectivity index (χ1v) is 6.84. The Morgan fingerprint density at radius 3 is 2.43 bits per heavy atom. The van der Waals surface area contributed by atoms with Gasteiger partial charge < -0.3 is 10.1 Å². The minimum absolute atomic E-state index is 0.0336. The molecule has 0 aromatic heterocycles. The molecule has 0 radical (unpaired) electrons. The molecule has 0 atom stereocenters. The largest absolute Gasteiger partial charge is 0.486 e. The fourth-order valence-corrected chi connectivity index (χ4v) is 2.18. The second kappa shape index (κ2) is 6.68. The highest BCUT2D eigenvalue weighted by atomic mass is 19.3. The summed E-state index contributed by atoms with van der Waals surface area (Å²) in [7, 11) is 1.81. The molecular formula is C17H19F2NO. The Bertz CT molecular complexity index is 585. The Morgan fingerprint density at radius 2 is 1.76 bits per heavy atom. The SMILES string of the molecule is CNCc1cccc(C)c1OCC(F)(F)c1ccccc1. The molecule has 0 aliphatic rings. The number of aryl methyl sites for hydroxylation is 1. The zero-order valence-electron chi connectivity index (χ0n) is 12.2. The molecule has 0 saturated heterocycles. The maximum Gasteiger partial charge on any atom is 0.306 e. The average Bonchev–Trinajstić information content (AvgIpc) is 2.48. The number of benzene rings is 2. The van der Waals surface area contributed by atoms with Gasteiger partial charge in [0, 0.05) is 17.7 Å². The molecule has 0 saturated carbocycles. The molecule has 0 unspecified atom stereocenters. The second-order valence-corrected chi connectivity index (χ2v) is 4.95. The Hall–Kier alpha value is -1.94. The van der Waals surface area contributed by atoms with Crippen LogP contribution in [0.25, 0.3) is 0 Å². The van der Waals surface area contributed by atoms with E-state index in [1.54, 1.807) is 18.2 Å². The van der Waals surface area contributed by atoms with Crippen LogP contribution in [0.5, 0.6) is 5.75 Å². The van der Waals surface area contributed by atoms with E-state index in [1.807, 2.05) is 32.2 Å². The van der Waals surface area contributed by atoms with Crippen LogP contribution in [0.4, 0.5) is 8.78 Å². The molecule has 0 amide bonds. The third-order valence-corrected chi connectivity index (χ3v) is 3.25. The highest BCUT2D eigenvalue weighted by Gasteiger charge is 2.32. The maximum absolute atomic E-state index is 14.2. The standard InChI is InChI=1S/C17H19F2NO/c1-13-7-6-8-14(11-20-2)16(13)21-12-17(18,19)15-9-4-3-5-10-15/h3-10,20H,11-12H2,1-2H3. The lowest BCUT2D eigenvalue weighted by atomic mass is 10.1. The monoisotopic (exact) mass is 291 g/mol. The van der Waals surface area contributed by atoms with E-state index in [9.17, 15) is 8.78 Å². The van der Waals surface area contributed by atoms with Gasteiger partial charge in [0.05, 0.1) is 0 Å². The van der Waals surface area contributed by atoms with E-state index < -0.39 is 12.5 Å². The molecule has 0 aliphatic heterocycles. The Kier molecular flexibility index (Phi) is 4.91. The van der Waals surface area contributed by atoms with E-state index in [1.165, 1.54) is 12.1 Å². The van der Waals surface area contributed by atoms with Crippen LogP contribution in [0.2, 0.25) is 0 Å². The minimum atomic E-state index is -3.01. The third kappa shape index (κ3) is 3.79. The molecule has 2 aromatic carbocycles. The van der Waals surface area contributed by atoms with Gasteiger partial charge in [0.25, 0.3) is 0 Å². The predicted molar refractivity (Wildman–Crippen MR) is 79.8 cm³/mol. The van der Waals surface area contributed by atoms with Gasteiger partial charge in [-0.1, -0.05) is 48.5 Å². The van der Waals surface area contributed by atoms with Crippen LogP contribution >= 0.6 is 0 Å². The second-order valence-electron chi connectivity index (χ2n) is 4.95. The van der Waals surface area contributed by atoms with Crippen LogP contribution in [-0.2, 0) is 12.5 Å². The number of halogens is 2. The van der Waals surface area contributed by atoms with Crippen LogP contribution in [0, 0.1) is 6.92 Å². The Balaban J connectivity index is 2.16. The van der Waals surface area contributed by atoms with E-state index >= 15 is 0 Å². The first-order chi connectivity index (χ1) is 10.0. The summed E-state index contributed by atoms with van der Waals surface area (Å²) in [6.07, 6.45) is 0. The smallest absolute Gasteiger partial charge is 0.306 e. The summed E-state index contributed by atoms with van der Waals surface area (Å²) in [5, 5.41) is 3.01. The number of para-hydroxylation sites is 1. The molecule has 0 spiro atoms. The van der Waals surface area contributed by atoms with Crippen LogP contribution in [-0.4, -0.2) is 13.7 Å². The molecule has 2 nitrogen and oxygen atoms in total. The number of ether oxygens (including phenoxy) is 1. The van der Waals surface area contributed by atoms with Crippen molar-refractivity contribution >= 4 is 0 Å². The van der Waals surface area contributed by atoms with Crippen molar-refractivity contribution in [3.63, 3.8) is 0 Å². The number of nitrogens with one attached hydrogen (secondary N) is 1. The van der Waals surface area contributed by atoms with E-state index in [4.69, 9.17) is 4.74 Å². The van der Waals surface area contributed by atoms with Crippen molar-refractivity contribution in [1.82, 2.24) is 5.32 Å². The summed E-state index contributed by atoms with van der Waals surface area (Å²) in [4.78, 5) is 0. The third-order valence-electron chi connectivity index (χ3n) is 3.25. The quantitative estimate of drug-likeness (QED) is 0.872. The van der Waals surface area contributed by atoms with E-state index in [0.717, 1.165) is 11.1 Å². The molecule has 1 N–H and O–H groups in total. The molecule has 2 rings (SSSR count). The van der Waals surface area contributed by atoms with Crippen molar-refractivity contribution in [2.24, 2.45) is 0 Å². The average molecular weight is 291 g/mol. The molecule has 112 valence electrons. The van der Waals surface area contributed by atoms with Gasteiger partial charge in [-0.2, -0.15) is 8.78 Å². The van der Waals surface area contributed by atoms with E-state index in [-0.39, 0.29) is 5.56 Å². The van der Waals surface area contributed by atoms with Gasteiger partial charge in [0.2, 0.25) is 0 Å². The Morgan fingerprint density at radius 1 is 1.05 bits per heavy atom. The highest BCUT2D eigenvalue weighted by molar-refractivity contribution is 5.40. The molecule has 0 aliphatic carbocycles. The number of hydrogen-bond acceptors (Lipinski definition) is 2. The summed E-state index contributed by atoms with van der Waals surface area (Å²) in [5.74, 6) is -2.48. The molecule has 0 bridgehead atoms. The van der Waals surface area contributed by atoms with Crippen molar-refractivity contribution in [1.29, 1.82) is 0 Å². The van der Waals surface area contributed by atoms with Gasteiger partial charge in [-0.25, -0.2) is 0 Å². The van der Waals surface area contributed by atoms with Crippen LogP contribution in [0.3, 0.4) is 0 Å².